The molecule has 21 heavy (non-hydrogen) atoms. The molecular weight excluding hydrogens is 271 g/mol. The smallest absolute Gasteiger partial charge is 0.237 e. The molecule has 1 saturated heterocycles. The molecule has 0 bridgehead atoms. The van der Waals surface area contributed by atoms with Gasteiger partial charge in [0.1, 0.15) is 5.82 Å². The molecule has 1 unspecified atom stereocenters. The zero-order valence-corrected chi connectivity index (χ0v) is 12.5. The molecule has 1 N–H and O–H groups in total. The fraction of sp³-hybridized carbons (Fsp3) is 0.562. The number of carbonyl (C=O) groups is 1. The van der Waals surface area contributed by atoms with Crippen molar-refractivity contribution >= 4 is 5.91 Å². The molecule has 1 amide bonds. The second-order valence-corrected chi connectivity index (χ2v) is 5.32. The number of amides is 1. The molecule has 1 aromatic carbocycles. The molecule has 0 radical (unpaired) electrons. The first kappa shape index (κ1) is 15.9. The average molecular weight is 294 g/mol. The maximum Gasteiger partial charge on any atom is 0.237 e. The number of nitrogens with zero attached hydrogens (tertiary/aromatic N) is 1. The fourth-order valence-electron chi connectivity index (χ4n) is 2.73. The lowest BCUT2D eigenvalue weighted by atomic mass is 9.95. The van der Waals surface area contributed by atoms with Crippen molar-refractivity contribution in [2.75, 3.05) is 33.4 Å². The molecule has 1 aliphatic heterocycles. The Morgan fingerprint density at radius 1 is 1.38 bits per heavy atom. The van der Waals surface area contributed by atoms with Crippen LogP contribution in [0.25, 0.3) is 0 Å². The van der Waals surface area contributed by atoms with Crippen molar-refractivity contribution in [1.82, 2.24) is 10.2 Å². The Morgan fingerprint density at radius 3 is 2.86 bits per heavy atom. The summed E-state index contributed by atoms with van der Waals surface area (Å²) in [4.78, 5) is 14.3. The van der Waals surface area contributed by atoms with Crippen molar-refractivity contribution in [2.45, 2.75) is 25.3 Å². The van der Waals surface area contributed by atoms with Crippen LogP contribution in [0.15, 0.2) is 24.3 Å². The van der Waals surface area contributed by atoms with Gasteiger partial charge in [-0.2, -0.15) is 0 Å². The van der Waals surface area contributed by atoms with Crippen LogP contribution >= 0.6 is 0 Å². The minimum Gasteiger partial charge on any atom is -0.383 e. The van der Waals surface area contributed by atoms with Crippen LogP contribution in [0.2, 0.25) is 0 Å². The largest absolute Gasteiger partial charge is 0.383 e. The standard InChI is InChI=1S/C16H23FN2O2/c1-21-11-9-18-12-16(20)19-10-3-2-4-15(19)13-5-7-14(17)8-6-13/h5-8,15,18H,2-4,9-12H2,1H3. The van der Waals surface area contributed by atoms with E-state index in [0.717, 1.165) is 31.4 Å². The van der Waals surface area contributed by atoms with Crippen LogP contribution in [-0.4, -0.2) is 44.2 Å². The van der Waals surface area contributed by atoms with Gasteiger partial charge in [-0.15, -0.1) is 0 Å². The van der Waals surface area contributed by atoms with Gasteiger partial charge in [0, 0.05) is 20.2 Å². The summed E-state index contributed by atoms with van der Waals surface area (Å²) in [6.07, 6.45) is 3.07. The molecule has 2 rings (SSSR count). The molecule has 1 atom stereocenters. The van der Waals surface area contributed by atoms with Gasteiger partial charge in [-0.05, 0) is 37.0 Å². The molecular formula is C16H23FN2O2. The minimum atomic E-state index is -0.242. The summed E-state index contributed by atoms with van der Waals surface area (Å²) in [5.74, 6) is -0.145. The maximum absolute atomic E-state index is 13.0. The van der Waals surface area contributed by atoms with Gasteiger partial charge in [0.2, 0.25) is 5.91 Å². The molecule has 5 heteroatoms. The van der Waals surface area contributed by atoms with Crippen molar-refractivity contribution < 1.29 is 13.9 Å². The van der Waals surface area contributed by atoms with E-state index in [1.54, 1.807) is 19.2 Å². The van der Waals surface area contributed by atoms with Crippen LogP contribution in [0.5, 0.6) is 0 Å². The van der Waals surface area contributed by atoms with Crippen molar-refractivity contribution in [3.8, 4) is 0 Å². The third kappa shape index (κ3) is 4.51. The second kappa shape index (κ2) is 8.10. The highest BCUT2D eigenvalue weighted by Gasteiger charge is 2.27. The molecule has 0 spiro atoms. The number of ether oxygens (including phenoxy) is 1. The highest BCUT2D eigenvalue weighted by atomic mass is 19.1. The number of likely N-dealkylation sites (tertiary alicyclic amines) is 1. The lowest BCUT2D eigenvalue weighted by Gasteiger charge is -2.36. The second-order valence-electron chi connectivity index (χ2n) is 5.32. The number of rotatable bonds is 6. The Kier molecular flexibility index (Phi) is 6.14. The van der Waals surface area contributed by atoms with E-state index in [4.69, 9.17) is 4.74 Å². The monoisotopic (exact) mass is 294 g/mol. The normalized spacial score (nSPS) is 18.8. The molecule has 116 valence electrons. The summed E-state index contributed by atoms with van der Waals surface area (Å²) in [5.41, 5.74) is 1.02. The Labute approximate surface area is 125 Å². The summed E-state index contributed by atoms with van der Waals surface area (Å²) in [7, 11) is 1.64. The number of hydrogen-bond acceptors (Lipinski definition) is 3. The van der Waals surface area contributed by atoms with E-state index in [1.165, 1.54) is 12.1 Å². The van der Waals surface area contributed by atoms with Gasteiger partial charge in [-0.3, -0.25) is 4.79 Å². The fourth-order valence-corrected chi connectivity index (χ4v) is 2.73. The number of halogens is 1. The first-order valence-corrected chi connectivity index (χ1v) is 7.47. The topological polar surface area (TPSA) is 41.6 Å². The third-order valence-electron chi connectivity index (χ3n) is 3.84. The average Bonchev–Trinajstić information content (AvgIpc) is 2.52. The summed E-state index contributed by atoms with van der Waals surface area (Å²) in [6.45, 7) is 2.35. The van der Waals surface area contributed by atoms with Crippen LogP contribution in [0.3, 0.4) is 0 Å². The lowest BCUT2D eigenvalue weighted by Crippen LogP contribution is -2.43. The predicted molar refractivity (Wildman–Crippen MR) is 79.5 cm³/mol. The number of nitrogens with one attached hydrogen (secondary N) is 1. The van der Waals surface area contributed by atoms with Crippen molar-refractivity contribution in [3.05, 3.63) is 35.6 Å². The Balaban J connectivity index is 1.98. The van der Waals surface area contributed by atoms with E-state index in [9.17, 15) is 9.18 Å². The van der Waals surface area contributed by atoms with Crippen LogP contribution in [0.4, 0.5) is 4.39 Å². The predicted octanol–water partition coefficient (Wildman–Crippen LogP) is 2.12. The third-order valence-corrected chi connectivity index (χ3v) is 3.84. The van der Waals surface area contributed by atoms with Gasteiger partial charge >= 0.3 is 0 Å². The number of hydrogen-bond donors (Lipinski definition) is 1. The summed E-state index contributed by atoms with van der Waals surface area (Å²) in [6, 6.07) is 6.55. The van der Waals surface area contributed by atoms with Crippen molar-refractivity contribution in [3.63, 3.8) is 0 Å². The molecule has 0 saturated carbocycles. The van der Waals surface area contributed by atoms with E-state index in [1.807, 2.05) is 4.90 Å². The van der Waals surface area contributed by atoms with E-state index in [0.29, 0.717) is 19.7 Å². The van der Waals surface area contributed by atoms with Gasteiger partial charge in [-0.1, -0.05) is 12.1 Å². The van der Waals surface area contributed by atoms with Gasteiger partial charge in [-0.25, -0.2) is 4.39 Å². The molecule has 1 aromatic rings. The number of carbonyl (C=O) groups excluding carboxylic acids is 1. The number of methoxy groups -OCH3 is 1. The Morgan fingerprint density at radius 2 is 2.14 bits per heavy atom. The van der Waals surface area contributed by atoms with E-state index >= 15 is 0 Å². The van der Waals surface area contributed by atoms with E-state index in [2.05, 4.69) is 5.32 Å². The van der Waals surface area contributed by atoms with Gasteiger partial charge in [0.05, 0.1) is 19.2 Å². The first-order chi connectivity index (χ1) is 10.2. The summed E-state index contributed by atoms with van der Waals surface area (Å²) in [5, 5.41) is 3.09. The van der Waals surface area contributed by atoms with Crippen LogP contribution in [-0.2, 0) is 9.53 Å². The Bertz CT molecular complexity index is 450. The quantitative estimate of drug-likeness (QED) is 0.817. The number of piperidine rings is 1. The number of benzene rings is 1. The highest BCUT2D eigenvalue weighted by molar-refractivity contribution is 5.78. The van der Waals surface area contributed by atoms with Crippen LogP contribution in [0, 0.1) is 5.82 Å². The summed E-state index contributed by atoms with van der Waals surface area (Å²) < 4.78 is 18.0. The SMILES string of the molecule is COCCNCC(=O)N1CCCCC1c1ccc(F)cc1. The van der Waals surface area contributed by atoms with Gasteiger partial charge < -0.3 is 15.0 Å². The molecule has 0 aliphatic carbocycles. The highest BCUT2D eigenvalue weighted by Crippen LogP contribution is 2.30. The van der Waals surface area contributed by atoms with Crippen molar-refractivity contribution in [2.24, 2.45) is 0 Å². The van der Waals surface area contributed by atoms with Crippen LogP contribution in [0.1, 0.15) is 30.9 Å². The summed E-state index contributed by atoms with van der Waals surface area (Å²) >= 11 is 0. The molecule has 0 aromatic heterocycles. The Hall–Kier alpha value is -1.46. The molecule has 4 nitrogen and oxygen atoms in total. The molecule has 1 fully saturated rings. The molecule has 1 aliphatic rings. The van der Waals surface area contributed by atoms with Crippen molar-refractivity contribution in [1.29, 1.82) is 0 Å². The van der Waals surface area contributed by atoms with E-state index < -0.39 is 0 Å². The van der Waals surface area contributed by atoms with Gasteiger partial charge in [0.25, 0.3) is 0 Å². The minimum absolute atomic E-state index is 0.0658. The first-order valence-electron chi connectivity index (χ1n) is 7.47. The zero-order valence-electron chi connectivity index (χ0n) is 12.5. The van der Waals surface area contributed by atoms with E-state index in [-0.39, 0.29) is 17.8 Å². The molecule has 1 heterocycles. The van der Waals surface area contributed by atoms with Gasteiger partial charge in [0.15, 0.2) is 0 Å². The maximum atomic E-state index is 13.0. The van der Waals surface area contributed by atoms with Crippen LogP contribution < -0.4 is 5.32 Å². The zero-order chi connectivity index (χ0) is 15.1. The lowest BCUT2D eigenvalue weighted by molar-refractivity contribution is -0.134.